The Balaban J connectivity index is 1.79. The van der Waals surface area contributed by atoms with Gasteiger partial charge >= 0.3 is 0 Å². The Kier molecular flexibility index (Phi) is 4.72. The summed E-state index contributed by atoms with van der Waals surface area (Å²) in [6, 6.07) is 6.52. The fraction of sp³-hybridized carbons (Fsp3) is 0.333. The summed E-state index contributed by atoms with van der Waals surface area (Å²) in [6.07, 6.45) is 1.93. The van der Waals surface area contributed by atoms with Crippen LogP contribution in [0.4, 0.5) is 4.39 Å². The van der Waals surface area contributed by atoms with Crippen LogP contribution in [0.2, 0.25) is 0 Å². The van der Waals surface area contributed by atoms with Gasteiger partial charge in [0.2, 0.25) is 0 Å². The van der Waals surface area contributed by atoms with Crippen molar-refractivity contribution in [1.82, 2.24) is 20.3 Å². The highest BCUT2D eigenvalue weighted by Crippen LogP contribution is 2.18. The third kappa shape index (κ3) is 3.82. The molecule has 0 spiro atoms. The average molecular weight is 266 g/mol. The second kappa shape index (κ2) is 6.51. The van der Waals surface area contributed by atoms with Crippen LogP contribution in [0.1, 0.15) is 5.69 Å². The Labute approximate surface area is 110 Å². The topological polar surface area (TPSA) is 42.7 Å². The van der Waals surface area contributed by atoms with E-state index < -0.39 is 0 Å². The van der Waals surface area contributed by atoms with Gasteiger partial charge in [0.1, 0.15) is 5.82 Å². The van der Waals surface area contributed by atoms with E-state index in [1.54, 1.807) is 23.9 Å². The molecule has 4 nitrogen and oxygen atoms in total. The van der Waals surface area contributed by atoms with Gasteiger partial charge in [0.25, 0.3) is 0 Å². The highest BCUT2D eigenvalue weighted by atomic mass is 32.2. The van der Waals surface area contributed by atoms with Gasteiger partial charge in [0, 0.05) is 23.4 Å². The quantitative estimate of drug-likeness (QED) is 0.811. The molecule has 0 aliphatic rings. The zero-order chi connectivity index (χ0) is 12.8. The van der Waals surface area contributed by atoms with Crippen molar-refractivity contribution >= 4 is 11.8 Å². The van der Waals surface area contributed by atoms with Gasteiger partial charge in [-0.05, 0) is 31.3 Å². The second-order valence-electron chi connectivity index (χ2n) is 3.81. The molecule has 6 heteroatoms. The normalized spacial score (nSPS) is 10.8. The monoisotopic (exact) mass is 266 g/mol. The van der Waals surface area contributed by atoms with Crippen LogP contribution < -0.4 is 5.32 Å². The predicted octanol–water partition coefficient (Wildman–Crippen LogP) is 1.93. The third-order valence-corrected chi connectivity index (χ3v) is 3.34. The van der Waals surface area contributed by atoms with Gasteiger partial charge in [-0.3, -0.25) is 4.68 Å². The van der Waals surface area contributed by atoms with Gasteiger partial charge in [-0.15, -0.1) is 16.9 Å². The summed E-state index contributed by atoms with van der Waals surface area (Å²) in [7, 11) is 1.88. The van der Waals surface area contributed by atoms with Crippen LogP contribution in [0.25, 0.3) is 0 Å². The first-order valence-corrected chi connectivity index (χ1v) is 6.68. The molecule has 0 bridgehead atoms. The minimum absolute atomic E-state index is 0.202. The molecule has 0 aliphatic carbocycles. The van der Waals surface area contributed by atoms with Crippen LogP contribution >= 0.6 is 11.8 Å². The van der Waals surface area contributed by atoms with Gasteiger partial charge in [0.05, 0.1) is 12.2 Å². The lowest BCUT2D eigenvalue weighted by molar-refractivity contribution is 0.626. The van der Waals surface area contributed by atoms with Crippen molar-refractivity contribution in [2.24, 2.45) is 0 Å². The van der Waals surface area contributed by atoms with Crippen molar-refractivity contribution in [3.63, 3.8) is 0 Å². The van der Waals surface area contributed by atoms with Crippen molar-refractivity contribution in [2.75, 3.05) is 12.8 Å². The van der Waals surface area contributed by atoms with Crippen molar-refractivity contribution in [3.05, 3.63) is 42.0 Å². The maximum atomic E-state index is 12.7. The lowest BCUT2D eigenvalue weighted by Gasteiger charge is -2.01. The van der Waals surface area contributed by atoms with Gasteiger partial charge in [0.15, 0.2) is 0 Å². The highest BCUT2D eigenvalue weighted by Gasteiger charge is 2.00. The third-order valence-electron chi connectivity index (χ3n) is 2.35. The number of halogens is 1. The van der Waals surface area contributed by atoms with Crippen molar-refractivity contribution in [3.8, 4) is 0 Å². The molecule has 0 saturated carbocycles. The lowest BCUT2D eigenvalue weighted by Crippen LogP contribution is -2.05. The standard InChI is InChI=1S/C12H15FN4S/c1-14-8-11-9-17(16-15-11)6-7-18-12-4-2-10(13)3-5-12/h2-5,9,14H,6-8H2,1H3. The van der Waals surface area contributed by atoms with Crippen LogP contribution in [0.5, 0.6) is 0 Å². The number of aromatic nitrogens is 3. The first kappa shape index (κ1) is 13.0. The molecule has 2 rings (SSSR count). The molecule has 0 unspecified atom stereocenters. The molecule has 0 amide bonds. The van der Waals surface area contributed by atoms with Crippen molar-refractivity contribution < 1.29 is 4.39 Å². The Hall–Kier alpha value is -1.40. The molecule has 2 aromatic rings. The first-order valence-electron chi connectivity index (χ1n) is 5.70. The molecule has 1 aromatic carbocycles. The molecule has 0 aliphatic heterocycles. The number of nitrogens with one attached hydrogen (secondary N) is 1. The summed E-state index contributed by atoms with van der Waals surface area (Å²) in [4.78, 5) is 1.06. The molecule has 18 heavy (non-hydrogen) atoms. The van der Waals surface area contributed by atoms with Crippen molar-refractivity contribution in [2.45, 2.75) is 18.0 Å². The van der Waals surface area contributed by atoms with E-state index in [0.29, 0.717) is 0 Å². The Morgan fingerprint density at radius 1 is 1.33 bits per heavy atom. The maximum Gasteiger partial charge on any atom is 0.123 e. The fourth-order valence-electron chi connectivity index (χ4n) is 1.50. The van der Waals surface area contributed by atoms with E-state index in [9.17, 15) is 4.39 Å². The van der Waals surface area contributed by atoms with Crippen LogP contribution in [0.15, 0.2) is 35.4 Å². The van der Waals surface area contributed by atoms with Gasteiger partial charge in [-0.25, -0.2) is 4.39 Å². The van der Waals surface area contributed by atoms with E-state index in [2.05, 4.69) is 15.6 Å². The van der Waals surface area contributed by atoms with E-state index in [0.717, 1.165) is 29.4 Å². The summed E-state index contributed by atoms with van der Waals surface area (Å²) >= 11 is 1.68. The highest BCUT2D eigenvalue weighted by molar-refractivity contribution is 7.99. The van der Waals surface area contributed by atoms with Gasteiger partial charge in [-0.1, -0.05) is 5.21 Å². The zero-order valence-corrected chi connectivity index (χ0v) is 11.0. The van der Waals surface area contributed by atoms with E-state index in [-0.39, 0.29) is 5.82 Å². The molecular weight excluding hydrogens is 251 g/mol. The van der Waals surface area contributed by atoms with Gasteiger partial charge in [-0.2, -0.15) is 0 Å². The van der Waals surface area contributed by atoms with Crippen LogP contribution in [0, 0.1) is 5.82 Å². The van der Waals surface area contributed by atoms with Crippen LogP contribution in [-0.2, 0) is 13.1 Å². The molecule has 0 atom stereocenters. The Morgan fingerprint density at radius 2 is 2.11 bits per heavy atom. The first-order chi connectivity index (χ1) is 8.78. The summed E-state index contributed by atoms with van der Waals surface area (Å²) in [6.45, 7) is 1.52. The maximum absolute atomic E-state index is 12.7. The number of benzene rings is 1. The minimum Gasteiger partial charge on any atom is -0.314 e. The molecule has 0 fully saturated rings. The molecule has 1 N–H and O–H groups in total. The largest absolute Gasteiger partial charge is 0.314 e. The summed E-state index contributed by atoms with van der Waals surface area (Å²) in [5.41, 5.74) is 0.935. The molecule has 96 valence electrons. The number of aryl methyl sites for hydroxylation is 1. The van der Waals surface area contributed by atoms with Crippen LogP contribution in [0.3, 0.4) is 0 Å². The zero-order valence-electron chi connectivity index (χ0n) is 10.1. The minimum atomic E-state index is -0.202. The summed E-state index contributed by atoms with van der Waals surface area (Å²) in [5, 5.41) is 11.1. The molecule has 1 aromatic heterocycles. The SMILES string of the molecule is CNCc1cn(CCSc2ccc(F)cc2)nn1. The smallest absolute Gasteiger partial charge is 0.123 e. The lowest BCUT2D eigenvalue weighted by atomic mass is 10.4. The predicted molar refractivity (Wildman–Crippen MR) is 69.9 cm³/mol. The van der Waals surface area contributed by atoms with E-state index in [1.165, 1.54) is 12.1 Å². The fourth-order valence-corrected chi connectivity index (χ4v) is 2.34. The number of rotatable bonds is 6. The molecular formula is C12H15FN4S. The molecule has 0 saturated heterocycles. The van der Waals surface area contributed by atoms with Crippen molar-refractivity contribution in [1.29, 1.82) is 0 Å². The second-order valence-corrected chi connectivity index (χ2v) is 4.97. The number of nitrogens with zero attached hydrogens (tertiary/aromatic N) is 3. The Bertz CT molecular complexity index is 483. The Morgan fingerprint density at radius 3 is 2.83 bits per heavy atom. The number of thioether (sulfide) groups is 1. The molecule has 0 radical (unpaired) electrons. The average Bonchev–Trinajstić information content (AvgIpc) is 2.80. The van der Waals surface area contributed by atoms with Gasteiger partial charge < -0.3 is 5.32 Å². The summed E-state index contributed by atoms with van der Waals surface area (Å²) in [5.74, 6) is 0.681. The number of hydrogen-bond donors (Lipinski definition) is 1. The van der Waals surface area contributed by atoms with E-state index in [1.807, 2.05) is 17.9 Å². The molecule has 1 heterocycles. The van der Waals surface area contributed by atoms with E-state index >= 15 is 0 Å². The number of hydrogen-bond acceptors (Lipinski definition) is 4. The van der Waals surface area contributed by atoms with E-state index in [4.69, 9.17) is 0 Å². The summed E-state index contributed by atoms with van der Waals surface area (Å²) < 4.78 is 14.5. The van der Waals surface area contributed by atoms with Crippen LogP contribution in [-0.4, -0.2) is 27.8 Å².